The second-order valence-corrected chi connectivity index (χ2v) is 5.54. The van der Waals surface area contributed by atoms with Crippen LogP contribution in [0.4, 0.5) is 0 Å². The first kappa shape index (κ1) is 13.1. The summed E-state index contributed by atoms with van der Waals surface area (Å²) >= 11 is 4.49. The van der Waals surface area contributed by atoms with Crippen molar-refractivity contribution in [2.75, 3.05) is 5.75 Å². The number of halogens is 1. The second kappa shape index (κ2) is 5.53. The Morgan fingerprint density at radius 2 is 2.12 bits per heavy atom. The van der Waals surface area contributed by atoms with Crippen LogP contribution >= 0.6 is 27.7 Å². The molecule has 1 aliphatic heterocycles. The van der Waals surface area contributed by atoms with Crippen LogP contribution in [0.3, 0.4) is 0 Å². The molecular formula is C10H12BrNO4S. The number of pyridine rings is 1. The zero-order valence-corrected chi connectivity index (χ0v) is 11.1. The lowest BCUT2D eigenvalue weighted by molar-refractivity contribution is -0.0787. The molecule has 0 amide bonds. The highest BCUT2D eigenvalue weighted by atomic mass is 79.9. The minimum atomic E-state index is -1.18. The molecule has 94 valence electrons. The molecule has 0 aromatic carbocycles. The molecule has 1 saturated heterocycles. The Kier molecular flexibility index (Phi) is 4.26. The van der Waals surface area contributed by atoms with Crippen LogP contribution < -0.4 is 4.74 Å². The third kappa shape index (κ3) is 2.92. The molecule has 17 heavy (non-hydrogen) atoms. The zero-order valence-electron chi connectivity index (χ0n) is 8.73. The van der Waals surface area contributed by atoms with Gasteiger partial charge in [0.05, 0.1) is 6.10 Å². The summed E-state index contributed by atoms with van der Waals surface area (Å²) in [5.41, 5.74) is -0.617. The molecule has 1 fully saturated rings. The fourth-order valence-electron chi connectivity index (χ4n) is 1.47. The van der Waals surface area contributed by atoms with Crippen LogP contribution in [0, 0.1) is 0 Å². The van der Waals surface area contributed by atoms with E-state index in [1.165, 1.54) is 11.8 Å². The molecule has 7 heteroatoms. The van der Waals surface area contributed by atoms with Crippen LogP contribution in [0.2, 0.25) is 0 Å². The maximum Gasteiger partial charge on any atom is 0.173 e. The number of aliphatic hydroxyl groups is 3. The largest absolute Gasteiger partial charge is 0.474 e. The summed E-state index contributed by atoms with van der Waals surface area (Å²) in [5.74, 6) is 0.813. The monoisotopic (exact) mass is 321 g/mol. The molecule has 1 aromatic rings. The van der Waals surface area contributed by atoms with E-state index in [1.807, 2.05) is 0 Å². The van der Waals surface area contributed by atoms with Gasteiger partial charge in [-0.25, -0.2) is 4.98 Å². The van der Waals surface area contributed by atoms with Crippen LogP contribution in [-0.2, 0) is 0 Å². The third-order valence-electron chi connectivity index (χ3n) is 2.42. The van der Waals surface area contributed by atoms with E-state index in [-0.39, 0.29) is 0 Å². The van der Waals surface area contributed by atoms with E-state index < -0.39 is 23.7 Å². The van der Waals surface area contributed by atoms with Gasteiger partial charge in [-0.3, -0.25) is 0 Å². The molecule has 2 heterocycles. The first-order valence-corrected chi connectivity index (χ1v) is 6.86. The van der Waals surface area contributed by atoms with Gasteiger partial charge < -0.3 is 20.1 Å². The summed E-state index contributed by atoms with van der Waals surface area (Å²) in [7, 11) is 0. The molecule has 1 aliphatic rings. The molecule has 0 bridgehead atoms. The molecule has 1 aromatic heterocycles. The van der Waals surface area contributed by atoms with E-state index in [0.29, 0.717) is 16.1 Å². The van der Waals surface area contributed by atoms with Gasteiger partial charge in [0.15, 0.2) is 11.2 Å². The third-order valence-corrected chi connectivity index (χ3v) is 4.26. The van der Waals surface area contributed by atoms with E-state index in [4.69, 9.17) is 4.74 Å². The lowest BCUT2D eigenvalue weighted by atomic mass is 10.1. The lowest BCUT2D eigenvalue weighted by Gasteiger charge is -2.34. The Balaban J connectivity index is 2.07. The lowest BCUT2D eigenvalue weighted by Crippen LogP contribution is -2.50. The second-order valence-electron chi connectivity index (χ2n) is 3.66. The SMILES string of the molecule is O[C@@H]1[C@@H](O)[C@@H](Oc2cccnc2Br)SC[C@H]1O. The summed E-state index contributed by atoms with van der Waals surface area (Å²) in [5, 5.41) is 28.7. The first-order chi connectivity index (χ1) is 8.09. The van der Waals surface area contributed by atoms with Gasteiger partial charge in [-0.2, -0.15) is 0 Å². The highest BCUT2D eigenvalue weighted by molar-refractivity contribution is 9.10. The van der Waals surface area contributed by atoms with E-state index in [0.717, 1.165) is 0 Å². The van der Waals surface area contributed by atoms with Crippen molar-refractivity contribution in [2.45, 2.75) is 23.7 Å². The van der Waals surface area contributed by atoms with Gasteiger partial charge in [-0.05, 0) is 28.1 Å². The van der Waals surface area contributed by atoms with Crippen molar-refractivity contribution in [1.29, 1.82) is 0 Å². The van der Waals surface area contributed by atoms with E-state index in [2.05, 4.69) is 20.9 Å². The van der Waals surface area contributed by atoms with E-state index in [1.54, 1.807) is 18.3 Å². The van der Waals surface area contributed by atoms with Crippen molar-refractivity contribution in [3.8, 4) is 5.75 Å². The van der Waals surface area contributed by atoms with Gasteiger partial charge in [0, 0.05) is 11.9 Å². The number of hydrogen-bond acceptors (Lipinski definition) is 6. The molecule has 2 rings (SSSR count). The van der Waals surface area contributed by atoms with Crippen molar-refractivity contribution >= 4 is 27.7 Å². The molecule has 5 nitrogen and oxygen atoms in total. The summed E-state index contributed by atoms with van der Waals surface area (Å²) < 4.78 is 6.09. The standard InChI is InChI=1S/C10H12BrNO4S/c11-9-6(2-1-3-12-9)16-10-8(15)7(14)5(13)4-17-10/h1-3,5,7-8,10,13-15H,4H2/t5-,7+,8-,10+/m1/s1. The predicted octanol–water partition coefficient (Wildman–Crippen LogP) is 0.378. The topological polar surface area (TPSA) is 82.8 Å². The van der Waals surface area contributed by atoms with Gasteiger partial charge in [-0.15, -0.1) is 11.8 Å². The Bertz CT molecular complexity index is 394. The fourth-order valence-corrected chi connectivity index (χ4v) is 2.93. The summed E-state index contributed by atoms with van der Waals surface area (Å²) in [4.78, 5) is 3.99. The normalized spacial score (nSPS) is 33.4. The zero-order chi connectivity index (χ0) is 12.4. The highest BCUT2D eigenvalue weighted by Crippen LogP contribution is 2.31. The minimum absolute atomic E-state index is 0.320. The van der Waals surface area contributed by atoms with E-state index >= 15 is 0 Å². The van der Waals surface area contributed by atoms with Gasteiger partial charge in [-0.1, -0.05) is 0 Å². The average Bonchev–Trinajstić information content (AvgIpc) is 2.32. The quantitative estimate of drug-likeness (QED) is 0.683. The van der Waals surface area contributed by atoms with Crippen LogP contribution in [0.5, 0.6) is 5.75 Å². The van der Waals surface area contributed by atoms with E-state index in [9.17, 15) is 15.3 Å². The molecule has 0 saturated carbocycles. The van der Waals surface area contributed by atoms with Gasteiger partial charge in [0.25, 0.3) is 0 Å². The van der Waals surface area contributed by atoms with Gasteiger partial charge >= 0.3 is 0 Å². The minimum Gasteiger partial charge on any atom is -0.474 e. The van der Waals surface area contributed by atoms with Crippen molar-refractivity contribution in [2.24, 2.45) is 0 Å². The smallest absolute Gasteiger partial charge is 0.173 e. The Hall–Kier alpha value is -0.340. The van der Waals surface area contributed by atoms with Crippen LogP contribution in [0.25, 0.3) is 0 Å². The Morgan fingerprint density at radius 1 is 1.35 bits per heavy atom. The Labute approximate surface area is 111 Å². The molecule has 0 radical (unpaired) electrons. The van der Waals surface area contributed by atoms with Crippen molar-refractivity contribution in [1.82, 2.24) is 4.98 Å². The first-order valence-electron chi connectivity index (χ1n) is 5.02. The summed E-state index contributed by atoms with van der Waals surface area (Å²) in [6.07, 6.45) is -1.63. The number of aliphatic hydroxyl groups excluding tert-OH is 3. The van der Waals surface area contributed by atoms with Crippen LogP contribution in [0.15, 0.2) is 22.9 Å². The molecule has 4 atom stereocenters. The maximum absolute atomic E-state index is 9.77. The summed E-state index contributed by atoms with van der Waals surface area (Å²) in [6, 6.07) is 3.42. The molecule has 0 unspecified atom stereocenters. The van der Waals surface area contributed by atoms with Crippen LogP contribution in [0.1, 0.15) is 0 Å². The van der Waals surface area contributed by atoms with Crippen molar-refractivity contribution in [3.05, 3.63) is 22.9 Å². The number of nitrogens with zero attached hydrogens (tertiary/aromatic N) is 1. The number of aromatic nitrogens is 1. The van der Waals surface area contributed by atoms with Gasteiger partial charge in [0.2, 0.25) is 0 Å². The average molecular weight is 322 g/mol. The van der Waals surface area contributed by atoms with Crippen molar-refractivity contribution < 1.29 is 20.1 Å². The van der Waals surface area contributed by atoms with Gasteiger partial charge in [0.1, 0.15) is 16.8 Å². The van der Waals surface area contributed by atoms with Crippen molar-refractivity contribution in [3.63, 3.8) is 0 Å². The Morgan fingerprint density at radius 3 is 2.82 bits per heavy atom. The number of hydrogen-bond donors (Lipinski definition) is 3. The highest BCUT2D eigenvalue weighted by Gasteiger charge is 2.38. The molecule has 0 spiro atoms. The number of thioether (sulfide) groups is 1. The summed E-state index contributed by atoms with van der Waals surface area (Å²) in [6.45, 7) is 0. The molecule has 0 aliphatic carbocycles. The molecular weight excluding hydrogens is 310 g/mol. The molecule has 3 N–H and O–H groups in total. The van der Waals surface area contributed by atoms with Crippen LogP contribution in [-0.4, -0.2) is 49.8 Å². The maximum atomic E-state index is 9.77. The predicted molar refractivity (Wildman–Crippen MR) is 66.8 cm³/mol. The number of ether oxygens (including phenoxy) is 1. The number of rotatable bonds is 2. The fraction of sp³-hybridized carbons (Fsp3) is 0.500.